The molecule has 0 radical (unpaired) electrons. The molecule has 100 valence electrons. The van der Waals surface area contributed by atoms with Crippen molar-refractivity contribution < 1.29 is 8.78 Å². The highest BCUT2D eigenvalue weighted by Gasteiger charge is 2.16. The predicted octanol–water partition coefficient (Wildman–Crippen LogP) is 3.89. The summed E-state index contributed by atoms with van der Waals surface area (Å²) in [5.74, 6) is -0.487. The zero-order valence-electron chi connectivity index (χ0n) is 11.3. The van der Waals surface area contributed by atoms with E-state index in [4.69, 9.17) is 0 Å². The summed E-state index contributed by atoms with van der Waals surface area (Å²) < 4.78 is 26.4. The minimum Gasteiger partial charge on any atom is -0.309 e. The molecule has 0 atom stereocenters. The monoisotopic (exact) mass is 261 g/mol. The van der Waals surface area contributed by atoms with Gasteiger partial charge in [0.15, 0.2) is 0 Å². The molecule has 2 aromatic carbocycles. The third kappa shape index (κ3) is 2.82. The Morgan fingerprint density at radius 1 is 0.842 bits per heavy atom. The van der Waals surface area contributed by atoms with Gasteiger partial charge in [-0.15, -0.1) is 0 Å². The lowest BCUT2D eigenvalue weighted by Crippen LogP contribution is -2.19. The maximum atomic E-state index is 13.2. The van der Waals surface area contributed by atoms with Crippen LogP contribution >= 0.6 is 0 Å². The molecule has 0 unspecified atom stereocenters. The van der Waals surface area contributed by atoms with Gasteiger partial charge in [0.1, 0.15) is 11.6 Å². The molecule has 0 aliphatic carbocycles. The Bertz CT molecular complexity index is 542. The first-order valence-electron chi connectivity index (χ1n) is 6.22. The van der Waals surface area contributed by atoms with Crippen molar-refractivity contribution in [3.63, 3.8) is 0 Å². The van der Waals surface area contributed by atoms with Gasteiger partial charge in [-0.25, -0.2) is 8.78 Å². The van der Waals surface area contributed by atoms with E-state index in [9.17, 15) is 8.78 Å². The minimum absolute atomic E-state index is 0.0683. The molecule has 19 heavy (non-hydrogen) atoms. The summed E-state index contributed by atoms with van der Waals surface area (Å²) in [6.07, 6.45) is 0. The number of hydrogen-bond donors (Lipinski definition) is 1. The summed E-state index contributed by atoms with van der Waals surface area (Å²) in [4.78, 5) is 0. The van der Waals surface area contributed by atoms with Crippen LogP contribution in [-0.2, 0) is 0 Å². The summed E-state index contributed by atoms with van der Waals surface area (Å²) in [5.41, 5.74) is 3.75. The maximum absolute atomic E-state index is 13.2. The number of aryl methyl sites for hydroxylation is 2. The third-order valence-electron chi connectivity index (χ3n) is 3.37. The van der Waals surface area contributed by atoms with Crippen LogP contribution in [0.2, 0.25) is 0 Å². The molecule has 1 nitrogen and oxygen atoms in total. The summed E-state index contributed by atoms with van der Waals surface area (Å²) in [5, 5.41) is 3.21. The first kappa shape index (κ1) is 13.7. The summed E-state index contributed by atoms with van der Waals surface area (Å²) in [7, 11) is 1.84. The molecule has 0 fully saturated rings. The molecule has 0 heterocycles. The SMILES string of the molecule is CNC(c1ccc(F)cc1C)c1ccc(F)cc1C. The van der Waals surface area contributed by atoms with E-state index in [1.54, 1.807) is 12.1 Å². The molecule has 2 aromatic rings. The average molecular weight is 261 g/mol. The molecular formula is C16H17F2N. The Morgan fingerprint density at radius 3 is 1.58 bits per heavy atom. The van der Waals surface area contributed by atoms with E-state index in [0.717, 1.165) is 22.3 Å². The Hall–Kier alpha value is -1.74. The van der Waals surface area contributed by atoms with E-state index in [1.165, 1.54) is 24.3 Å². The molecule has 0 bridgehead atoms. The lowest BCUT2D eigenvalue weighted by atomic mass is 9.92. The number of rotatable bonds is 3. The smallest absolute Gasteiger partial charge is 0.123 e. The lowest BCUT2D eigenvalue weighted by Gasteiger charge is -2.21. The Labute approximate surface area is 112 Å². The first-order valence-corrected chi connectivity index (χ1v) is 6.22. The fourth-order valence-corrected chi connectivity index (χ4v) is 2.40. The fraction of sp³-hybridized carbons (Fsp3) is 0.250. The van der Waals surface area contributed by atoms with Crippen molar-refractivity contribution in [1.29, 1.82) is 0 Å². The zero-order chi connectivity index (χ0) is 14.0. The molecule has 0 spiro atoms. The molecule has 3 heteroatoms. The molecule has 1 N–H and O–H groups in total. The molecule has 0 saturated heterocycles. The van der Waals surface area contributed by atoms with Crippen molar-refractivity contribution >= 4 is 0 Å². The minimum atomic E-state index is -0.244. The van der Waals surface area contributed by atoms with Gasteiger partial charge in [0.25, 0.3) is 0 Å². The van der Waals surface area contributed by atoms with E-state index in [2.05, 4.69) is 5.32 Å². The molecule has 0 saturated carbocycles. The standard InChI is InChI=1S/C16H17F2N/c1-10-8-12(17)4-6-14(10)16(19-3)15-7-5-13(18)9-11(15)2/h4-9,16,19H,1-3H3. The molecule has 0 aliphatic rings. The van der Waals surface area contributed by atoms with Crippen molar-refractivity contribution in [3.8, 4) is 0 Å². The molecule has 0 amide bonds. The van der Waals surface area contributed by atoms with Crippen LogP contribution in [-0.4, -0.2) is 7.05 Å². The molecular weight excluding hydrogens is 244 g/mol. The van der Waals surface area contributed by atoms with Gasteiger partial charge in [-0.2, -0.15) is 0 Å². The van der Waals surface area contributed by atoms with Crippen LogP contribution in [0.1, 0.15) is 28.3 Å². The van der Waals surface area contributed by atoms with Gasteiger partial charge in [-0.05, 0) is 67.4 Å². The maximum Gasteiger partial charge on any atom is 0.123 e. The lowest BCUT2D eigenvalue weighted by molar-refractivity contribution is 0.616. The molecule has 0 aliphatic heterocycles. The number of benzene rings is 2. The van der Waals surface area contributed by atoms with E-state index < -0.39 is 0 Å². The van der Waals surface area contributed by atoms with Gasteiger partial charge in [0.05, 0.1) is 6.04 Å². The van der Waals surface area contributed by atoms with Gasteiger partial charge in [0.2, 0.25) is 0 Å². The van der Waals surface area contributed by atoms with Gasteiger partial charge in [-0.3, -0.25) is 0 Å². The van der Waals surface area contributed by atoms with Gasteiger partial charge < -0.3 is 5.32 Å². The number of halogens is 2. The largest absolute Gasteiger partial charge is 0.309 e. The van der Waals surface area contributed by atoms with Crippen molar-refractivity contribution in [2.24, 2.45) is 0 Å². The highest BCUT2D eigenvalue weighted by atomic mass is 19.1. The van der Waals surface area contributed by atoms with E-state index in [-0.39, 0.29) is 17.7 Å². The highest BCUT2D eigenvalue weighted by molar-refractivity contribution is 5.40. The van der Waals surface area contributed by atoms with Crippen LogP contribution in [0.25, 0.3) is 0 Å². The van der Waals surface area contributed by atoms with Crippen LogP contribution in [0.15, 0.2) is 36.4 Å². The van der Waals surface area contributed by atoms with Crippen molar-refractivity contribution in [2.45, 2.75) is 19.9 Å². The summed E-state index contributed by atoms with van der Waals surface area (Å²) in [6, 6.07) is 9.40. The normalized spacial score (nSPS) is 11.1. The highest BCUT2D eigenvalue weighted by Crippen LogP contribution is 2.27. The van der Waals surface area contributed by atoms with Crippen molar-refractivity contribution in [3.05, 3.63) is 70.3 Å². The van der Waals surface area contributed by atoms with Crippen LogP contribution in [0.4, 0.5) is 8.78 Å². The van der Waals surface area contributed by atoms with E-state index >= 15 is 0 Å². The van der Waals surface area contributed by atoms with Crippen molar-refractivity contribution in [1.82, 2.24) is 5.32 Å². The molecule has 0 aromatic heterocycles. The second-order valence-electron chi connectivity index (χ2n) is 4.72. The second kappa shape index (κ2) is 5.49. The van der Waals surface area contributed by atoms with Crippen molar-refractivity contribution in [2.75, 3.05) is 7.05 Å². The van der Waals surface area contributed by atoms with Gasteiger partial charge in [0, 0.05) is 0 Å². The van der Waals surface area contributed by atoms with Crippen LogP contribution < -0.4 is 5.32 Å². The van der Waals surface area contributed by atoms with E-state index in [0.29, 0.717) is 0 Å². The summed E-state index contributed by atoms with van der Waals surface area (Å²) in [6.45, 7) is 3.75. The number of nitrogens with one attached hydrogen (secondary N) is 1. The third-order valence-corrected chi connectivity index (χ3v) is 3.37. The van der Waals surface area contributed by atoms with Gasteiger partial charge in [-0.1, -0.05) is 12.1 Å². The topological polar surface area (TPSA) is 12.0 Å². The van der Waals surface area contributed by atoms with Crippen LogP contribution in [0.3, 0.4) is 0 Å². The second-order valence-corrected chi connectivity index (χ2v) is 4.72. The predicted molar refractivity (Wildman–Crippen MR) is 73.2 cm³/mol. The van der Waals surface area contributed by atoms with E-state index in [1.807, 2.05) is 20.9 Å². The van der Waals surface area contributed by atoms with Crippen LogP contribution in [0.5, 0.6) is 0 Å². The summed E-state index contributed by atoms with van der Waals surface area (Å²) >= 11 is 0. The zero-order valence-corrected chi connectivity index (χ0v) is 11.3. The van der Waals surface area contributed by atoms with Crippen LogP contribution in [0, 0.1) is 25.5 Å². The first-order chi connectivity index (χ1) is 9.02. The Kier molecular flexibility index (Phi) is 3.96. The fourth-order valence-electron chi connectivity index (χ4n) is 2.40. The number of hydrogen-bond acceptors (Lipinski definition) is 1. The van der Waals surface area contributed by atoms with Gasteiger partial charge >= 0.3 is 0 Å². The average Bonchev–Trinajstić information content (AvgIpc) is 2.34. The quantitative estimate of drug-likeness (QED) is 0.883. The molecule has 2 rings (SSSR count). The Morgan fingerprint density at radius 2 is 1.26 bits per heavy atom. The Balaban J connectivity index is 2.50.